The molecule has 0 fully saturated rings. The fourth-order valence-electron chi connectivity index (χ4n) is 2.23. The van der Waals surface area contributed by atoms with E-state index in [1.807, 2.05) is 18.2 Å². The van der Waals surface area contributed by atoms with Gasteiger partial charge >= 0.3 is 0 Å². The summed E-state index contributed by atoms with van der Waals surface area (Å²) in [7, 11) is 3.23. The van der Waals surface area contributed by atoms with Crippen LogP contribution in [0.1, 0.15) is 11.1 Å². The Morgan fingerprint density at radius 3 is 2.65 bits per heavy atom. The van der Waals surface area contributed by atoms with Crippen LogP contribution in [-0.4, -0.2) is 24.2 Å². The Balaban J connectivity index is 2.25. The van der Waals surface area contributed by atoms with E-state index in [1.165, 1.54) is 0 Å². The van der Waals surface area contributed by atoms with Crippen molar-refractivity contribution in [3.63, 3.8) is 0 Å². The average molecular weight is 335 g/mol. The summed E-state index contributed by atoms with van der Waals surface area (Å²) in [6.45, 7) is 4.30. The van der Waals surface area contributed by atoms with Crippen molar-refractivity contribution in [1.29, 1.82) is 0 Å². The lowest BCUT2D eigenvalue weighted by atomic mass is 10.1. The van der Waals surface area contributed by atoms with Crippen LogP contribution in [0.3, 0.4) is 0 Å². The van der Waals surface area contributed by atoms with Gasteiger partial charge in [-0.2, -0.15) is 4.98 Å². The second-order valence-electron chi connectivity index (χ2n) is 4.77. The van der Waals surface area contributed by atoms with Gasteiger partial charge in [0, 0.05) is 18.2 Å². The van der Waals surface area contributed by atoms with Crippen molar-refractivity contribution in [3.8, 4) is 11.5 Å². The summed E-state index contributed by atoms with van der Waals surface area (Å²) >= 11 is 5.87. The minimum absolute atomic E-state index is 0.125. The predicted molar refractivity (Wildman–Crippen MR) is 92.2 cm³/mol. The second-order valence-corrected chi connectivity index (χ2v) is 5.16. The third-order valence-electron chi connectivity index (χ3n) is 3.17. The molecule has 1 aromatic heterocycles. The maximum absolute atomic E-state index is 5.87. The molecule has 0 saturated carbocycles. The van der Waals surface area contributed by atoms with Gasteiger partial charge < -0.3 is 20.5 Å². The molecule has 0 aliphatic carbocycles. The van der Waals surface area contributed by atoms with Gasteiger partial charge in [-0.1, -0.05) is 17.7 Å². The van der Waals surface area contributed by atoms with E-state index in [0.29, 0.717) is 35.4 Å². The number of rotatable bonds is 7. The van der Waals surface area contributed by atoms with Gasteiger partial charge in [0.1, 0.15) is 11.0 Å². The Morgan fingerprint density at radius 2 is 2.04 bits per heavy atom. The van der Waals surface area contributed by atoms with Crippen LogP contribution in [0.2, 0.25) is 5.15 Å². The van der Waals surface area contributed by atoms with Crippen LogP contribution in [0.25, 0.3) is 0 Å². The third-order valence-corrected chi connectivity index (χ3v) is 3.36. The molecule has 3 N–H and O–H groups in total. The molecule has 0 radical (unpaired) electrons. The molecular weight excluding hydrogens is 316 g/mol. The topological polar surface area (TPSA) is 82.3 Å². The monoisotopic (exact) mass is 334 g/mol. The van der Waals surface area contributed by atoms with Gasteiger partial charge in [-0.05, 0) is 24.1 Å². The number of anilines is 2. The highest BCUT2D eigenvalue weighted by molar-refractivity contribution is 6.29. The fraction of sp³-hybridized carbons (Fsp3) is 0.250. The molecule has 0 spiro atoms. The zero-order valence-corrected chi connectivity index (χ0v) is 13.9. The number of hydrogen-bond donors (Lipinski definition) is 2. The number of aromatic nitrogens is 2. The number of methoxy groups -OCH3 is 2. The zero-order chi connectivity index (χ0) is 16.8. The molecule has 6 nitrogen and oxygen atoms in total. The summed E-state index contributed by atoms with van der Waals surface area (Å²) in [4.78, 5) is 7.91. The first kappa shape index (κ1) is 16.9. The molecule has 7 heteroatoms. The highest BCUT2D eigenvalue weighted by Crippen LogP contribution is 2.33. The van der Waals surface area contributed by atoms with Crippen LogP contribution in [0.15, 0.2) is 30.9 Å². The van der Waals surface area contributed by atoms with E-state index in [2.05, 4.69) is 21.9 Å². The lowest BCUT2D eigenvalue weighted by molar-refractivity contribution is 0.352. The SMILES string of the molecule is C=CCc1cc(CNc2cc(Cl)nc(N)n2)cc(OC)c1OC. The van der Waals surface area contributed by atoms with Crippen molar-refractivity contribution in [2.24, 2.45) is 0 Å². The number of nitrogens with one attached hydrogen (secondary N) is 1. The molecule has 0 aliphatic rings. The van der Waals surface area contributed by atoms with Crippen LogP contribution in [-0.2, 0) is 13.0 Å². The molecule has 2 rings (SSSR count). The van der Waals surface area contributed by atoms with Gasteiger partial charge in [0.2, 0.25) is 5.95 Å². The molecule has 0 unspecified atom stereocenters. The smallest absolute Gasteiger partial charge is 0.223 e. The summed E-state index contributed by atoms with van der Waals surface area (Å²) < 4.78 is 10.8. The lowest BCUT2D eigenvalue weighted by Gasteiger charge is -2.15. The zero-order valence-electron chi connectivity index (χ0n) is 13.1. The van der Waals surface area contributed by atoms with Gasteiger partial charge in [0.05, 0.1) is 14.2 Å². The summed E-state index contributed by atoms with van der Waals surface area (Å²) in [5.41, 5.74) is 7.59. The average Bonchev–Trinajstić information content (AvgIpc) is 2.51. The minimum Gasteiger partial charge on any atom is -0.493 e. The van der Waals surface area contributed by atoms with Crippen LogP contribution < -0.4 is 20.5 Å². The van der Waals surface area contributed by atoms with Gasteiger partial charge in [0.15, 0.2) is 11.5 Å². The number of hydrogen-bond acceptors (Lipinski definition) is 6. The van der Waals surface area contributed by atoms with E-state index in [9.17, 15) is 0 Å². The van der Waals surface area contributed by atoms with Crippen LogP contribution in [0.4, 0.5) is 11.8 Å². The summed E-state index contributed by atoms with van der Waals surface area (Å²) in [5, 5.41) is 3.45. The van der Waals surface area contributed by atoms with Crippen molar-refractivity contribution in [1.82, 2.24) is 9.97 Å². The molecule has 0 saturated heterocycles. The number of halogens is 1. The van der Waals surface area contributed by atoms with Crippen LogP contribution in [0.5, 0.6) is 11.5 Å². The fourth-order valence-corrected chi connectivity index (χ4v) is 2.42. The van der Waals surface area contributed by atoms with E-state index in [-0.39, 0.29) is 5.95 Å². The normalized spacial score (nSPS) is 10.2. The lowest BCUT2D eigenvalue weighted by Crippen LogP contribution is -2.06. The minimum atomic E-state index is 0.125. The van der Waals surface area contributed by atoms with Crippen molar-refractivity contribution in [2.75, 3.05) is 25.3 Å². The van der Waals surface area contributed by atoms with Crippen molar-refractivity contribution in [2.45, 2.75) is 13.0 Å². The molecule has 0 atom stereocenters. The van der Waals surface area contributed by atoms with E-state index >= 15 is 0 Å². The van der Waals surface area contributed by atoms with Gasteiger partial charge in [-0.3, -0.25) is 0 Å². The molecule has 1 heterocycles. The first-order valence-corrected chi connectivity index (χ1v) is 7.33. The molecule has 1 aromatic carbocycles. The molecule has 2 aromatic rings. The van der Waals surface area contributed by atoms with Crippen molar-refractivity contribution >= 4 is 23.4 Å². The van der Waals surface area contributed by atoms with E-state index in [4.69, 9.17) is 26.8 Å². The van der Waals surface area contributed by atoms with Crippen molar-refractivity contribution in [3.05, 3.63) is 47.1 Å². The van der Waals surface area contributed by atoms with Crippen LogP contribution in [0, 0.1) is 0 Å². The number of nitrogens with zero attached hydrogens (tertiary/aromatic N) is 2. The standard InChI is InChI=1S/C16H19ClN4O2/c1-4-5-11-6-10(7-12(22-2)15(11)23-3)9-19-14-8-13(17)20-16(18)21-14/h4,6-8H,1,5,9H2,2-3H3,(H3,18,19,20,21). The maximum atomic E-state index is 5.87. The Bertz CT molecular complexity index is 686. The summed E-state index contributed by atoms with van der Waals surface area (Å²) in [5.74, 6) is 2.07. The van der Waals surface area contributed by atoms with E-state index in [0.717, 1.165) is 11.1 Å². The maximum Gasteiger partial charge on any atom is 0.223 e. The Hall–Kier alpha value is -2.47. The largest absolute Gasteiger partial charge is 0.493 e. The first-order valence-electron chi connectivity index (χ1n) is 6.96. The van der Waals surface area contributed by atoms with Crippen molar-refractivity contribution < 1.29 is 9.47 Å². The second kappa shape index (κ2) is 7.69. The molecule has 0 bridgehead atoms. The number of allylic oxidation sites excluding steroid dienone is 1. The summed E-state index contributed by atoms with van der Waals surface area (Å²) in [6.07, 6.45) is 2.50. The molecule has 23 heavy (non-hydrogen) atoms. The first-order chi connectivity index (χ1) is 11.1. The quantitative estimate of drug-likeness (QED) is 0.598. The Kier molecular flexibility index (Phi) is 5.65. The van der Waals surface area contributed by atoms with Crippen LogP contribution >= 0.6 is 11.6 Å². The molecule has 122 valence electrons. The van der Waals surface area contributed by atoms with E-state index < -0.39 is 0 Å². The molecular formula is C16H19ClN4O2. The Morgan fingerprint density at radius 1 is 1.26 bits per heavy atom. The van der Waals surface area contributed by atoms with Gasteiger partial charge in [0.25, 0.3) is 0 Å². The van der Waals surface area contributed by atoms with Gasteiger partial charge in [-0.25, -0.2) is 4.98 Å². The molecule has 0 amide bonds. The Labute approximate surface area is 140 Å². The number of nitrogen functional groups attached to an aromatic ring is 1. The van der Waals surface area contributed by atoms with E-state index in [1.54, 1.807) is 20.3 Å². The predicted octanol–water partition coefficient (Wildman–Crippen LogP) is 3.07. The number of nitrogens with two attached hydrogens (primary N) is 1. The van der Waals surface area contributed by atoms with Gasteiger partial charge in [-0.15, -0.1) is 6.58 Å². The molecule has 0 aliphatic heterocycles. The highest BCUT2D eigenvalue weighted by atomic mass is 35.5. The summed E-state index contributed by atoms with van der Waals surface area (Å²) in [6, 6.07) is 5.55. The third kappa shape index (κ3) is 4.26. The highest BCUT2D eigenvalue weighted by Gasteiger charge is 2.12. The number of ether oxygens (including phenoxy) is 2. The number of benzene rings is 1.